The van der Waals surface area contributed by atoms with Crippen molar-refractivity contribution in [3.8, 4) is 11.5 Å². The lowest BCUT2D eigenvalue weighted by Gasteiger charge is -2.35. The van der Waals surface area contributed by atoms with Crippen LogP contribution >= 0.6 is 0 Å². The molecule has 1 aromatic rings. The van der Waals surface area contributed by atoms with Crippen molar-refractivity contribution in [2.75, 3.05) is 39.6 Å². The van der Waals surface area contributed by atoms with Crippen LogP contribution in [0.3, 0.4) is 0 Å². The van der Waals surface area contributed by atoms with E-state index in [4.69, 9.17) is 14.2 Å². The number of rotatable bonds is 7. The number of ether oxygens (including phenoxy) is 3. The molecule has 8 heteroatoms. The van der Waals surface area contributed by atoms with Gasteiger partial charge in [0.15, 0.2) is 11.5 Å². The van der Waals surface area contributed by atoms with Crippen LogP contribution in [0.25, 0.3) is 0 Å². The summed E-state index contributed by atoms with van der Waals surface area (Å²) >= 11 is 0. The van der Waals surface area contributed by atoms with Crippen LogP contribution in [0, 0.1) is 5.92 Å². The Morgan fingerprint density at radius 2 is 1.88 bits per heavy atom. The third kappa shape index (κ3) is 4.63. The number of hydrogen-bond donors (Lipinski definition) is 1. The van der Waals surface area contributed by atoms with Gasteiger partial charge in [0.1, 0.15) is 0 Å². The molecular weight excluding hydrogens is 344 g/mol. The number of benzene rings is 1. The fourth-order valence-electron chi connectivity index (χ4n) is 3.18. The van der Waals surface area contributed by atoms with E-state index >= 15 is 0 Å². The van der Waals surface area contributed by atoms with Crippen LogP contribution in [0.1, 0.15) is 20.3 Å². The Morgan fingerprint density at radius 3 is 2.60 bits per heavy atom. The second-order valence-corrected chi connectivity index (χ2v) is 8.57. The van der Waals surface area contributed by atoms with Crippen molar-refractivity contribution >= 4 is 10.0 Å². The first-order chi connectivity index (χ1) is 12.0. The zero-order chi connectivity index (χ0) is 17.9. The van der Waals surface area contributed by atoms with Crippen LogP contribution in [0.4, 0.5) is 0 Å². The number of sulfonamides is 1. The fourth-order valence-corrected chi connectivity index (χ4v) is 4.27. The molecule has 7 nitrogen and oxygen atoms in total. The van der Waals surface area contributed by atoms with E-state index in [0.29, 0.717) is 37.2 Å². The van der Waals surface area contributed by atoms with E-state index in [1.807, 2.05) is 0 Å². The average Bonchev–Trinajstić information content (AvgIpc) is 3.07. The van der Waals surface area contributed by atoms with Gasteiger partial charge in [-0.3, -0.25) is 4.90 Å². The molecule has 1 N–H and O–H groups in total. The summed E-state index contributed by atoms with van der Waals surface area (Å²) in [7, 11) is -3.59. The summed E-state index contributed by atoms with van der Waals surface area (Å²) < 4.78 is 44.0. The van der Waals surface area contributed by atoms with Crippen LogP contribution in [0.5, 0.6) is 11.5 Å². The number of nitrogens with one attached hydrogen (secondary N) is 1. The Hall–Kier alpha value is -1.35. The molecule has 3 rings (SSSR count). The largest absolute Gasteiger partial charge is 0.454 e. The molecule has 1 saturated heterocycles. The van der Waals surface area contributed by atoms with Crippen LogP contribution in [0.2, 0.25) is 0 Å². The summed E-state index contributed by atoms with van der Waals surface area (Å²) in [5, 5.41) is 0. The van der Waals surface area contributed by atoms with E-state index in [1.54, 1.807) is 12.1 Å². The van der Waals surface area contributed by atoms with Gasteiger partial charge in [0, 0.05) is 31.7 Å². The average molecular weight is 370 g/mol. The summed E-state index contributed by atoms with van der Waals surface area (Å²) in [4.78, 5) is 2.51. The molecule has 0 saturated carbocycles. The highest BCUT2D eigenvalue weighted by Gasteiger charge is 2.25. The molecular formula is C17H26N2O5S. The summed E-state index contributed by atoms with van der Waals surface area (Å²) in [5.41, 5.74) is 0. The topological polar surface area (TPSA) is 77.1 Å². The van der Waals surface area contributed by atoms with Gasteiger partial charge < -0.3 is 14.2 Å². The third-order valence-corrected chi connectivity index (χ3v) is 5.89. The predicted octanol–water partition coefficient (Wildman–Crippen LogP) is 1.44. The monoisotopic (exact) mass is 370 g/mol. The molecule has 2 aliphatic heterocycles. The molecule has 1 aromatic carbocycles. The molecule has 0 amide bonds. The van der Waals surface area contributed by atoms with Gasteiger partial charge in [-0.05, 0) is 24.5 Å². The Kier molecular flexibility index (Phi) is 5.83. The van der Waals surface area contributed by atoms with Crippen molar-refractivity contribution in [1.29, 1.82) is 0 Å². The minimum Gasteiger partial charge on any atom is -0.454 e. The molecule has 0 bridgehead atoms. The number of nitrogens with zero attached hydrogens (tertiary/aromatic N) is 1. The third-order valence-electron chi connectivity index (χ3n) is 4.47. The minimum atomic E-state index is -3.59. The van der Waals surface area contributed by atoms with Crippen molar-refractivity contribution in [1.82, 2.24) is 9.62 Å². The maximum absolute atomic E-state index is 12.7. The van der Waals surface area contributed by atoms with Crippen molar-refractivity contribution in [3.05, 3.63) is 18.2 Å². The Morgan fingerprint density at radius 1 is 1.16 bits per heavy atom. The molecule has 1 atom stereocenters. The summed E-state index contributed by atoms with van der Waals surface area (Å²) in [6.07, 6.45) is 0.934. The van der Waals surface area contributed by atoms with E-state index in [2.05, 4.69) is 23.5 Å². The lowest BCUT2D eigenvalue weighted by atomic mass is 10.0. The molecule has 1 unspecified atom stereocenters. The Bertz CT molecular complexity index is 686. The molecule has 2 heterocycles. The zero-order valence-electron chi connectivity index (χ0n) is 14.7. The smallest absolute Gasteiger partial charge is 0.240 e. The Labute approximate surface area is 149 Å². The minimum absolute atomic E-state index is 0.125. The van der Waals surface area contributed by atoms with E-state index in [9.17, 15) is 8.42 Å². The number of fused-ring (bicyclic) bond motifs is 1. The first-order valence-corrected chi connectivity index (χ1v) is 10.1. The fraction of sp³-hybridized carbons (Fsp3) is 0.647. The van der Waals surface area contributed by atoms with Crippen LogP contribution < -0.4 is 14.2 Å². The highest BCUT2D eigenvalue weighted by atomic mass is 32.2. The number of morpholine rings is 1. The maximum atomic E-state index is 12.7. The van der Waals surface area contributed by atoms with Gasteiger partial charge in [-0.15, -0.1) is 0 Å². The van der Waals surface area contributed by atoms with Gasteiger partial charge in [-0.2, -0.15) is 0 Å². The molecule has 0 spiro atoms. The predicted molar refractivity (Wildman–Crippen MR) is 93.4 cm³/mol. The molecule has 25 heavy (non-hydrogen) atoms. The maximum Gasteiger partial charge on any atom is 0.240 e. The van der Waals surface area contributed by atoms with E-state index in [-0.39, 0.29) is 17.7 Å². The van der Waals surface area contributed by atoms with Gasteiger partial charge in [0.25, 0.3) is 0 Å². The van der Waals surface area contributed by atoms with Gasteiger partial charge in [-0.25, -0.2) is 13.1 Å². The van der Waals surface area contributed by atoms with Crippen LogP contribution in [-0.2, 0) is 14.8 Å². The van der Waals surface area contributed by atoms with Gasteiger partial charge in [0.05, 0.1) is 18.1 Å². The normalized spacial score (nSPS) is 19.3. The summed E-state index contributed by atoms with van der Waals surface area (Å²) in [5.74, 6) is 1.53. The first kappa shape index (κ1) is 18.4. The zero-order valence-corrected chi connectivity index (χ0v) is 15.5. The molecule has 0 aromatic heterocycles. The highest BCUT2D eigenvalue weighted by molar-refractivity contribution is 7.89. The lowest BCUT2D eigenvalue weighted by Crippen LogP contribution is -2.49. The van der Waals surface area contributed by atoms with Crippen molar-refractivity contribution < 1.29 is 22.6 Å². The van der Waals surface area contributed by atoms with Gasteiger partial charge in [0.2, 0.25) is 16.8 Å². The Balaban J connectivity index is 1.68. The van der Waals surface area contributed by atoms with Gasteiger partial charge >= 0.3 is 0 Å². The lowest BCUT2D eigenvalue weighted by molar-refractivity contribution is 0.0134. The quantitative estimate of drug-likeness (QED) is 0.783. The van der Waals surface area contributed by atoms with Crippen molar-refractivity contribution in [2.45, 2.75) is 31.2 Å². The van der Waals surface area contributed by atoms with E-state index in [1.165, 1.54) is 6.07 Å². The second-order valence-electron chi connectivity index (χ2n) is 6.80. The molecule has 140 valence electrons. The van der Waals surface area contributed by atoms with Crippen molar-refractivity contribution in [2.24, 2.45) is 5.92 Å². The first-order valence-electron chi connectivity index (χ1n) is 8.67. The van der Waals surface area contributed by atoms with E-state index < -0.39 is 10.0 Å². The van der Waals surface area contributed by atoms with Crippen LogP contribution in [0.15, 0.2) is 23.1 Å². The number of hydrogen-bond acceptors (Lipinski definition) is 6. The SMILES string of the molecule is CC(C)CC(CNS(=O)(=O)c1ccc2c(c1)OCO2)N1CCOCC1. The molecule has 1 fully saturated rings. The summed E-state index contributed by atoms with van der Waals surface area (Å²) in [6, 6.07) is 4.84. The van der Waals surface area contributed by atoms with Crippen LogP contribution in [-0.4, -0.2) is 59.0 Å². The van der Waals surface area contributed by atoms with Crippen molar-refractivity contribution in [3.63, 3.8) is 0 Å². The second kappa shape index (κ2) is 7.90. The standard InChI is InChI=1S/C17H26N2O5S/c1-13(2)9-14(19-5-7-22-8-6-19)11-18-25(20,21)15-3-4-16-17(10-15)24-12-23-16/h3-4,10,13-14,18H,5-9,11-12H2,1-2H3. The molecule has 0 aliphatic carbocycles. The van der Waals surface area contributed by atoms with E-state index in [0.717, 1.165) is 19.5 Å². The molecule has 0 radical (unpaired) electrons. The molecule has 2 aliphatic rings. The van der Waals surface area contributed by atoms with Gasteiger partial charge in [-0.1, -0.05) is 13.8 Å². The highest BCUT2D eigenvalue weighted by Crippen LogP contribution is 2.33. The summed E-state index contributed by atoms with van der Waals surface area (Å²) in [6.45, 7) is 7.88.